The van der Waals surface area contributed by atoms with Crippen molar-refractivity contribution >= 4 is 46.4 Å². The molecule has 0 aliphatic rings. The molecule has 1 heterocycles. The van der Waals surface area contributed by atoms with Gasteiger partial charge < -0.3 is 15.2 Å². The predicted octanol–water partition coefficient (Wildman–Crippen LogP) is 4.50. The summed E-state index contributed by atoms with van der Waals surface area (Å²) in [7, 11) is 0. The predicted molar refractivity (Wildman–Crippen MR) is 120 cm³/mol. The summed E-state index contributed by atoms with van der Waals surface area (Å²) in [5.74, 6) is 0.750. The maximum Gasteiger partial charge on any atom is 0.234 e. The molecule has 2 N–H and O–H groups in total. The molecule has 0 aliphatic heterocycles. The first kappa shape index (κ1) is 21.9. The van der Waals surface area contributed by atoms with Crippen molar-refractivity contribution < 1.29 is 9.59 Å². The van der Waals surface area contributed by atoms with Crippen molar-refractivity contribution in [1.82, 2.24) is 14.8 Å². The molecular weight excluding hydrogens is 422 g/mol. The molecule has 0 saturated heterocycles. The van der Waals surface area contributed by atoms with Crippen molar-refractivity contribution in [3.8, 4) is 0 Å². The topological polar surface area (TPSA) is 88.9 Å². The average Bonchev–Trinajstić information content (AvgIpc) is 3.14. The molecule has 2 aromatic carbocycles. The van der Waals surface area contributed by atoms with E-state index in [1.807, 2.05) is 35.8 Å². The Morgan fingerprint density at radius 1 is 1.10 bits per heavy atom. The molecule has 9 heteroatoms. The number of nitrogens with zero attached hydrogens (tertiary/aromatic N) is 3. The van der Waals surface area contributed by atoms with Gasteiger partial charge in [-0.3, -0.25) is 9.59 Å². The highest BCUT2D eigenvalue weighted by molar-refractivity contribution is 7.99. The highest BCUT2D eigenvalue weighted by Gasteiger charge is 2.13. The van der Waals surface area contributed by atoms with E-state index in [4.69, 9.17) is 11.6 Å². The largest absolute Gasteiger partial charge is 0.378 e. The maximum absolute atomic E-state index is 12.3. The summed E-state index contributed by atoms with van der Waals surface area (Å²) in [5.41, 5.74) is 2.09. The van der Waals surface area contributed by atoms with Crippen LogP contribution in [0.3, 0.4) is 0 Å². The fourth-order valence-corrected chi connectivity index (χ4v) is 3.71. The van der Waals surface area contributed by atoms with E-state index in [1.165, 1.54) is 18.7 Å². The van der Waals surface area contributed by atoms with Crippen molar-refractivity contribution in [2.24, 2.45) is 0 Å². The molecule has 3 rings (SSSR count). The number of ketones is 1. The molecule has 30 heavy (non-hydrogen) atoms. The summed E-state index contributed by atoms with van der Waals surface area (Å²) in [6.45, 7) is 4.70. The van der Waals surface area contributed by atoms with Gasteiger partial charge in [0.25, 0.3) is 0 Å². The van der Waals surface area contributed by atoms with Crippen LogP contribution in [0.1, 0.15) is 30.0 Å². The zero-order valence-electron chi connectivity index (χ0n) is 16.7. The number of benzene rings is 2. The maximum atomic E-state index is 12.3. The third-order valence-electron chi connectivity index (χ3n) is 4.29. The van der Waals surface area contributed by atoms with Crippen molar-refractivity contribution in [3.63, 3.8) is 0 Å². The molecule has 0 atom stereocenters. The summed E-state index contributed by atoms with van der Waals surface area (Å²) in [6, 6.07) is 14.3. The highest BCUT2D eigenvalue weighted by atomic mass is 35.5. The number of anilines is 2. The van der Waals surface area contributed by atoms with E-state index >= 15 is 0 Å². The quantitative estimate of drug-likeness (QED) is 0.374. The Hall–Kier alpha value is -2.84. The zero-order valence-corrected chi connectivity index (χ0v) is 18.3. The van der Waals surface area contributed by atoms with Crippen LogP contribution < -0.4 is 10.6 Å². The van der Waals surface area contributed by atoms with Crippen molar-refractivity contribution in [3.05, 3.63) is 64.9 Å². The number of aromatic nitrogens is 3. The minimum atomic E-state index is -0.174. The molecule has 0 radical (unpaired) electrons. The third-order valence-corrected chi connectivity index (χ3v) is 5.51. The first-order valence-corrected chi connectivity index (χ1v) is 10.8. The van der Waals surface area contributed by atoms with E-state index in [2.05, 4.69) is 20.8 Å². The fraction of sp³-hybridized carbons (Fsp3) is 0.238. The van der Waals surface area contributed by atoms with Crippen molar-refractivity contribution in [2.45, 2.75) is 32.1 Å². The van der Waals surface area contributed by atoms with Gasteiger partial charge in [0.1, 0.15) is 0 Å². The second-order valence-electron chi connectivity index (χ2n) is 6.48. The monoisotopic (exact) mass is 443 g/mol. The number of rotatable bonds is 9. The van der Waals surface area contributed by atoms with E-state index in [0.717, 1.165) is 11.5 Å². The fourth-order valence-electron chi connectivity index (χ4n) is 2.77. The zero-order chi connectivity index (χ0) is 21.5. The number of Topliss-reactive ketones (excluding diaryl/α,β-unsaturated/α-hetero) is 1. The van der Waals surface area contributed by atoms with Gasteiger partial charge >= 0.3 is 0 Å². The number of amides is 1. The van der Waals surface area contributed by atoms with Crippen LogP contribution in [0.5, 0.6) is 0 Å². The number of hydrogen-bond donors (Lipinski definition) is 2. The lowest BCUT2D eigenvalue weighted by molar-refractivity contribution is -0.113. The molecule has 3 aromatic rings. The smallest absolute Gasteiger partial charge is 0.234 e. The first-order valence-electron chi connectivity index (χ1n) is 9.41. The van der Waals surface area contributed by atoms with Gasteiger partial charge in [0, 0.05) is 28.5 Å². The van der Waals surface area contributed by atoms with Gasteiger partial charge in [0.05, 0.1) is 12.3 Å². The third kappa shape index (κ3) is 5.84. The Bertz CT molecular complexity index is 1040. The summed E-state index contributed by atoms with van der Waals surface area (Å²) < 4.78 is 1.97. The molecule has 156 valence electrons. The van der Waals surface area contributed by atoms with Crippen LogP contribution >= 0.6 is 23.4 Å². The molecule has 1 aromatic heterocycles. The van der Waals surface area contributed by atoms with Gasteiger partial charge in [0.15, 0.2) is 16.8 Å². The van der Waals surface area contributed by atoms with E-state index in [-0.39, 0.29) is 17.4 Å². The Balaban J connectivity index is 1.57. The summed E-state index contributed by atoms with van der Waals surface area (Å²) in [4.78, 5) is 23.8. The van der Waals surface area contributed by atoms with Crippen molar-refractivity contribution in [2.75, 3.05) is 16.4 Å². The Morgan fingerprint density at radius 3 is 2.57 bits per heavy atom. The van der Waals surface area contributed by atoms with Gasteiger partial charge in [-0.25, -0.2) is 0 Å². The number of carbonyl (C=O) groups is 2. The minimum Gasteiger partial charge on any atom is -0.378 e. The Labute approximate surface area is 184 Å². The molecule has 0 unspecified atom stereocenters. The van der Waals surface area contributed by atoms with Gasteiger partial charge in [-0.2, -0.15) is 0 Å². The lowest BCUT2D eigenvalue weighted by Crippen LogP contribution is -2.15. The van der Waals surface area contributed by atoms with Crippen LogP contribution in [-0.4, -0.2) is 32.2 Å². The second kappa shape index (κ2) is 10.3. The molecule has 0 saturated carbocycles. The van der Waals surface area contributed by atoms with E-state index in [1.54, 1.807) is 24.3 Å². The van der Waals surface area contributed by atoms with Gasteiger partial charge in [-0.1, -0.05) is 35.5 Å². The SMILES string of the molecule is CCn1c(CNc2ccc(Cl)cc2)nnc1SCC(=O)Nc1cccc(C(C)=O)c1. The van der Waals surface area contributed by atoms with Gasteiger partial charge in [-0.05, 0) is 50.2 Å². The summed E-state index contributed by atoms with van der Waals surface area (Å²) in [6.07, 6.45) is 0. The van der Waals surface area contributed by atoms with E-state index < -0.39 is 0 Å². The minimum absolute atomic E-state index is 0.0451. The lowest BCUT2D eigenvalue weighted by Gasteiger charge is -2.09. The van der Waals surface area contributed by atoms with E-state index in [9.17, 15) is 9.59 Å². The molecule has 0 fully saturated rings. The molecule has 0 aliphatic carbocycles. The number of carbonyl (C=O) groups excluding carboxylic acids is 2. The van der Waals surface area contributed by atoms with Gasteiger partial charge in [-0.15, -0.1) is 10.2 Å². The number of thioether (sulfide) groups is 1. The normalized spacial score (nSPS) is 10.6. The molecule has 1 amide bonds. The molecule has 0 bridgehead atoms. The molecule has 7 nitrogen and oxygen atoms in total. The van der Waals surface area contributed by atoms with E-state index in [0.29, 0.717) is 34.5 Å². The average molecular weight is 444 g/mol. The lowest BCUT2D eigenvalue weighted by atomic mass is 10.1. The Kier molecular flexibility index (Phi) is 7.48. The molecular formula is C21H22ClN5O2S. The molecule has 0 spiro atoms. The standard InChI is InChI=1S/C21H22ClN5O2S/c1-3-27-19(12-23-17-9-7-16(22)8-10-17)25-26-21(27)30-13-20(29)24-18-6-4-5-15(11-18)14(2)28/h4-11,23H,3,12-13H2,1-2H3,(H,24,29). The second-order valence-corrected chi connectivity index (χ2v) is 7.86. The summed E-state index contributed by atoms with van der Waals surface area (Å²) >= 11 is 7.23. The van der Waals surface area contributed by atoms with Crippen molar-refractivity contribution in [1.29, 1.82) is 0 Å². The van der Waals surface area contributed by atoms with Crippen LogP contribution in [0.4, 0.5) is 11.4 Å². The van der Waals surface area contributed by atoms with Crippen LogP contribution in [-0.2, 0) is 17.9 Å². The number of nitrogens with one attached hydrogen (secondary N) is 2. The van der Waals surface area contributed by atoms with Crippen LogP contribution in [0.2, 0.25) is 5.02 Å². The van der Waals surface area contributed by atoms with Crippen LogP contribution in [0.25, 0.3) is 0 Å². The highest BCUT2D eigenvalue weighted by Crippen LogP contribution is 2.19. The number of halogens is 1. The Morgan fingerprint density at radius 2 is 1.87 bits per heavy atom. The van der Waals surface area contributed by atoms with Crippen LogP contribution in [0.15, 0.2) is 53.7 Å². The van der Waals surface area contributed by atoms with Gasteiger partial charge in [0.2, 0.25) is 5.91 Å². The summed E-state index contributed by atoms with van der Waals surface area (Å²) in [5, 5.41) is 15.9. The number of hydrogen-bond acceptors (Lipinski definition) is 6. The first-order chi connectivity index (χ1) is 14.5. The van der Waals surface area contributed by atoms with Crippen LogP contribution in [0, 0.1) is 0 Å².